The molecular weight excluding hydrogens is 467 g/mol. The van der Waals surface area contributed by atoms with E-state index >= 15 is 0 Å². The van der Waals surface area contributed by atoms with Crippen LogP contribution in [0.5, 0.6) is 11.5 Å². The van der Waals surface area contributed by atoms with Gasteiger partial charge in [-0.1, -0.05) is 60.7 Å². The summed E-state index contributed by atoms with van der Waals surface area (Å²) in [5.74, 6) is 0.340. The normalized spacial score (nSPS) is 16.5. The lowest BCUT2D eigenvalue weighted by Crippen LogP contribution is -2.44. The lowest BCUT2D eigenvalue weighted by atomic mass is 9.72. The van der Waals surface area contributed by atoms with Gasteiger partial charge < -0.3 is 19.5 Å². The highest BCUT2D eigenvalue weighted by molar-refractivity contribution is 5.37. The molecular formula is C29H32F3NO3. The molecule has 0 saturated carbocycles. The number of alkyl halides is 3. The Morgan fingerprint density at radius 3 is 1.83 bits per heavy atom. The number of hydrogen-bond acceptors (Lipinski definition) is 4. The molecule has 192 valence electrons. The van der Waals surface area contributed by atoms with Crippen molar-refractivity contribution in [2.75, 3.05) is 19.6 Å². The molecule has 3 aromatic carbocycles. The lowest BCUT2D eigenvalue weighted by Gasteiger charge is -2.42. The van der Waals surface area contributed by atoms with Crippen molar-refractivity contribution in [2.45, 2.75) is 44.3 Å². The standard InChI is InChI=1S/C29H32F3NO3/c1-22(35-26-12-14-27(15-13-26)36-29(30,31)32)16-19-33-20-17-25(18-21-33)28(34,23-8-4-2-5-9-23)24-10-6-3-7-11-24/h2-15,22,25,34H,16-21H2,1H3. The van der Waals surface area contributed by atoms with Gasteiger partial charge in [-0.05, 0) is 80.6 Å². The fourth-order valence-corrected chi connectivity index (χ4v) is 4.97. The summed E-state index contributed by atoms with van der Waals surface area (Å²) in [6, 6.07) is 25.3. The summed E-state index contributed by atoms with van der Waals surface area (Å²) in [7, 11) is 0. The van der Waals surface area contributed by atoms with E-state index in [1.165, 1.54) is 24.3 Å². The molecule has 4 nitrogen and oxygen atoms in total. The SMILES string of the molecule is CC(CCN1CCC(C(O)(c2ccccc2)c2ccccc2)CC1)Oc1ccc(OC(F)(F)F)cc1. The van der Waals surface area contributed by atoms with Gasteiger partial charge >= 0.3 is 6.36 Å². The number of benzene rings is 3. The number of halogens is 3. The van der Waals surface area contributed by atoms with E-state index < -0.39 is 12.0 Å². The molecule has 1 atom stereocenters. The number of rotatable bonds is 9. The van der Waals surface area contributed by atoms with Crippen molar-refractivity contribution in [1.82, 2.24) is 4.90 Å². The van der Waals surface area contributed by atoms with Crippen molar-refractivity contribution in [3.8, 4) is 11.5 Å². The van der Waals surface area contributed by atoms with Gasteiger partial charge in [0, 0.05) is 6.54 Å². The molecule has 4 rings (SSSR count). The highest BCUT2D eigenvalue weighted by atomic mass is 19.4. The van der Waals surface area contributed by atoms with Crippen LogP contribution in [0.4, 0.5) is 13.2 Å². The Morgan fingerprint density at radius 1 is 0.833 bits per heavy atom. The van der Waals surface area contributed by atoms with Gasteiger partial charge in [0.25, 0.3) is 0 Å². The molecule has 3 aromatic rings. The zero-order valence-corrected chi connectivity index (χ0v) is 20.3. The van der Waals surface area contributed by atoms with Crippen LogP contribution in [0.1, 0.15) is 37.3 Å². The molecule has 0 bridgehead atoms. The zero-order valence-electron chi connectivity index (χ0n) is 20.3. The highest BCUT2D eigenvalue weighted by Gasteiger charge is 2.41. The second-order valence-corrected chi connectivity index (χ2v) is 9.35. The van der Waals surface area contributed by atoms with Crippen LogP contribution in [-0.4, -0.2) is 42.1 Å². The summed E-state index contributed by atoms with van der Waals surface area (Å²) in [5.41, 5.74) is 0.805. The molecule has 1 heterocycles. The van der Waals surface area contributed by atoms with Gasteiger partial charge in [0.2, 0.25) is 0 Å². The van der Waals surface area contributed by atoms with Crippen molar-refractivity contribution in [3.63, 3.8) is 0 Å². The molecule has 7 heteroatoms. The largest absolute Gasteiger partial charge is 0.573 e. The minimum atomic E-state index is -4.71. The second kappa shape index (κ2) is 11.4. The average molecular weight is 500 g/mol. The number of aliphatic hydroxyl groups is 1. The zero-order chi connectivity index (χ0) is 25.6. The van der Waals surface area contributed by atoms with Crippen LogP contribution in [0, 0.1) is 5.92 Å². The molecule has 36 heavy (non-hydrogen) atoms. The van der Waals surface area contributed by atoms with Crippen molar-refractivity contribution in [2.24, 2.45) is 5.92 Å². The van der Waals surface area contributed by atoms with Crippen LogP contribution in [-0.2, 0) is 5.60 Å². The predicted molar refractivity (Wildman–Crippen MR) is 133 cm³/mol. The minimum Gasteiger partial charge on any atom is -0.491 e. The van der Waals surface area contributed by atoms with Crippen molar-refractivity contribution in [3.05, 3.63) is 96.1 Å². The molecule has 1 fully saturated rings. The summed E-state index contributed by atoms with van der Waals surface area (Å²) < 4.78 is 46.7. The molecule has 0 aromatic heterocycles. The van der Waals surface area contributed by atoms with Gasteiger partial charge in [-0.25, -0.2) is 0 Å². The van der Waals surface area contributed by atoms with E-state index in [9.17, 15) is 18.3 Å². The molecule has 1 N–H and O–H groups in total. The summed E-state index contributed by atoms with van der Waals surface area (Å²) in [6.07, 6.45) is -2.27. The van der Waals surface area contributed by atoms with Gasteiger partial charge in [-0.3, -0.25) is 0 Å². The van der Waals surface area contributed by atoms with Crippen molar-refractivity contribution in [1.29, 1.82) is 0 Å². The summed E-state index contributed by atoms with van der Waals surface area (Å²) >= 11 is 0. The summed E-state index contributed by atoms with van der Waals surface area (Å²) in [5, 5.41) is 12.0. The molecule has 1 saturated heterocycles. The third-order valence-electron chi connectivity index (χ3n) is 6.85. The third kappa shape index (κ3) is 6.59. The van der Waals surface area contributed by atoms with E-state index in [1.54, 1.807) is 0 Å². The maximum atomic E-state index is 12.3. The van der Waals surface area contributed by atoms with Gasteiger partial charge in [-0.2, -0.15) is 0 Å². The van der Waals surface area contributed by atoms with Crippen LogP contribution < -0.4 is 9.47 Å². The Balaban J connectivity index is 1.30. The maximum Gasteiger partial charge on any atom is 0.573 e. The van der Waals surface area contributed by atoms with Crippen LogP contribution >= 0.6 is 0 Å². The first-order valence-corrected chi connectivity index (χ1v) is 12.3. The quantitative estimate of drug-likeness (QED) is 0.370. The molecule has 1 aliphatic rings. The van der Waals surface area contributed by atoms with E-state index in [2.05, 4.69) is 9.64 Å². The lowest BCUT2D eigenvalue weighted by molar-refractivity contribution is -0.274. The summed E-state index contributed by atoms with van der Waals surface area (Å²) in [6.45, 7) is 4.56. The first-order chi connectivity index (χ1) is 17.2. The minimum absolute atomic E-state index is 0.0947. The number of likely N-dealkylation sites (tertiary alicyclic amines) is 1. The Bertz CT molecular complexity index is 1030. The number of hydrogen-bond donors (Lipinski definition) is 1. The van der Waals surface area contributed by atoms with E-state index in [0.29, 0.717) is 5.75 Å². The molecule has 0 amide bonds. The van der Waals surface area contributed by atoms with Gasteiger partial charge in [0.1, 0.15) is 17.1 Å². The first-order valence-electron chi connectivity index (χ1n) is 12.3. The maximum absolute atomic E-state index is 12.3. The third-order valence-corrected chi connectivity index (χ3v) is 6.85. The van der Waals surface area contributed by atoms with Crippen LogP contribution in [0.3, 0.4) is 0 Å². The second-order valence-electron chi connectivity index (χ2n) is 9.35. The Morgan fingerprint density at radius 2 is 1.33 bits per heavy atom. The smallest absolute Gasteiger partial charge is 0.491 e. The van der Waals surface area contributed by atoms with E-state index in [1.807, 2.05) is 67.6 Å². The average Bonchev–Trinajstić information content (AvgIpc) is 2.89. The van der Waals surface area contributed by atoms with Crippen LogP contribution in [0.2, 0.25) is 0 Å². The Hall–Kier alpha value is -3.03. The molecule has 1 aliphatic heterocycles. The predicted octanol–water partition coefficient (Wildman–Crippen LogP) is 6.39. The number of nitrogens with zero attached hydrogens (tertiary/aromatic N) is 1. The molecule has 1 unspecified atom stereocenters. The summed E-state index contributed by atoms with van der Waals surface area (Å²) in [4.78, 5) is 2.38. The van der Waals surface area contributed by atoms with Crippen LogP contribution in [0.25, 0.3) is 0 Å². The Labute approximate surface area is 210 Å². The monoisotopic (exact) mass is 499 g/mol. The number of piperidine rings is 1. The molecule has 0 aliphatic carbocycles. The fourth-order valence-electron chi connectivity index (χ4n) is 4.97. The van der Waals surface area contributed by atoms with E-state index in [4.69, 9.17) is 4.74 Å². The Kier molecular flexibility index (Phi) is 8.21. The first kappa shape index (κ1) is 26.0. The van der Waals surface area contributed by atoms with Crippen LogP contribution in [0.15, 0.2) is 84.9 Å². The molecule has 0 spiro atoms. The highest BCUT2D eigenvalue weighted by Crippen LogP contribution is 2.42. The van der Waals surface area contributed by atoms with Gasteiger partial charge in [0.15, 0.2) is 0 Å². The van der Waals surface area contributed by atoms with E-state index in [-0.39, 0.29) is 17.8 Å². The van der Waals surface area contributed by atoms with Crippen molar-refractivity contribution < 1.29 is 27.8 Å². The number of ether oxygens (including phenoxy) is 2. The van der Waals surface area contributed by atoms with Crippen molar-refractivity contribution >= 4 is 0 Å². The molecule has 0 radical (unpaired) electrons. The van der Waals surface area contributed by atoms with Gasteiger partial charge in [0.05, 0.1) is 6.10 Å². The topological polar surface area (TPSA) is 41.9 Å². The van der Waals surface area contributed by atoms with Gasteiger partial charge in [-0.15, -0.1) is 13.2 Å². The van der Waals surface area contributed by atoms with E-state index in [0.717, 1.165) is 50.0 Å². The fraction of sp³-hybridized carbons (Fsp3) is 0.379.